The Morgan fingerprint density at radius 3 is 2.65 bits per heavy atom. The molecule has 0 bridgehead atoms. The number of methoxy groups -OCH3 is 1. The van der Waals surface area contributed by atoms with Crippen LogP contribution in [0.3, 0.4) is 0 Å². The molecule has 2 N–H and O–H groups in total. The van der Waals surface area contributed by atoms with E-state index >= 15 is 0 Å². The molecule has 0 spiro atoms. The van der Waals surface area contributed by atoms with E-state index in [1.54, 1.807) is 7.11 Å². The molecule has 1 aromatic carbocycles. The number of hydrogen-bond donors (Lipinski definition) is 2. The second-order valence-electron chi connectivity index (χ2n) is 4.83. The number of hydrogen-bond acceptors (Lipinski definition) is 5. The van der Waals surface area contributed by atoms with Gasteiger partial charge in [0.15, 0.2) is 11.5 Å². The Balaban J connectivity index is 2.22. The Labute approximate surface area is 120 Å². The molecule has 5 nitrogen and oxygen atoms in total. The van der Waals surface area contributed by atoms with E-state index in [0.717, 1.165) is 43.2 Å². The molecule has 0 radical (unpaired) electrons. The molecule has 1 saturated heterocycles. The average molecular weight is 280 g/mol. The maximum atomic E-state index is 9.74. The van der Waals surface area contributed by atoms with E-state index in [2.05, 4.69) is 10.2 Å². The Bertz CT molecular complexity index is 420. The topological polar surface area (TPSA) is 54.0 Å². The van der Waals surface area contributed by atoms with Gasteiger partial charge in [0, 0.05) is 26.2 Å². The molecule has 1 fully saturated rings. The first kappa shape index (κ1) is 15.1. The average Bonchev–Trinajstić information content (AvgIpc) is 2.50. The fourth-order valence-electron chi connectivity index (χ4n) is 2.59. The predicted octanol–water partition coefficient (Wildman–Crippen LogP) is 1.03. The van der Waals surface area contributed by atoms with Gasteiger partial charge in [0.25, 0.3) is 0 Å². The summed E-state index contributed by atoms with van der Waals surface area (Å²) in [5.74, 6) is 1.47. The summed E-state index contributed by atoms with van der Waals surface area (Å²) in [5, 5.41) is 13.1. The smallest absolute Gasteiger partial charge is 0.161 e. The van der Waals surface area contributed by atoms with Gasteiger partial charge in [-0.3, -0.25) is 4.90 Å². The van der Waals surface area contributed by atoms with Crippen molar-refractivity contribution >= 4 is 0 Å². The first-order valence-corrected chi connectivity index (χ1v) is 7.16. The molecule has 0 amide bonds. The number of aliphatic hydroxyl groups excluding tert-OH is 1. The van der Waals surface area contributed by atoms with Crippen LogP contribution in [0.2, 0.25) is 0 Å². The van der Waals surface area contributed by atoms with Crippen LogP contribution in [-0.2, 0) is 0 Å². The van der Waals surface area contributed by atoms with E-state index in [-0.39, 0.29) is 12.6 Å². The molecule has 1 atom stereocenters. The standard InChI is InChI=1S/C15H24N2O3/c1-3-20-15-10-12(4-5-14(15)19-2)13(11-18)17-8-6-16-7-9-17/h4-5,10,13,16,18H,3,6-9,11H2,1-2H3/t13-/m0/s1. The molecule has 1 heterocycles. The molecule has 0 aliphatic carbocycles. The lowest BCUT2D eigenvalue weighted by atomic mass is 10.0. The van der Waals surface area contributed by atoms with Gasteiger partial charge in [-0.05, 0) is 24.6 Å². The first-order valence-electron chi connectivity index (χ1n) is 7.16. The van der Waals surface area contributed by atoms with Crippen molar-refractivity contribution in [2.24, 2.45) is 0 Å². The highest BCUT2D eigenvalue weighted by Gasteiger charge is 2.22. The molecular formula is C15H24N2O3. The van der Waals surface area contributed by atoms with Crippen molar-refractivity contribution in [3.8, 4) is 11.5 Å². The van der Waals surface area contributed by atoms with Gasteiger partial charge in [-0.1, -0.05) is 6.07 Å². The van der Waals surface area contributed by atoms with Gasteiger partial charge in [0.2, 0.25) is 0 Å². The summed E-state index contributed by atoms with van der Waals surface area (Å²) < 4.78 is 10.9. The van der Waals surface area contributed by atoms with E-state index in [9.17, 15) is 5.11 Å². The molecule has 1 aliphatic rings. The van der Waals surface area contributed by atoms with Crippen LogP contribution in [0.4, 0.5) is 0 Å². The Kier molecular flexibility index (Phi) is 5.64. The van der Waals surface area contributed by atoms with E-state index in [4.69, 9.17) is 9.47 Å². The van der Waals surface area contributed by atoms with Gasteiger partial charge in [-0.2, -0.15) is 0 Å². The summed E-state index contributed by atoms with van der Waals surface area (Å²) in [7, 11) is 1.64. The minimum absolute atomic E-state index is 0.0159. The van der Waals surface area contributed by atoms with Crippen molar-refractivity contribution in [2.45, 2.75) is 13.0 Å². The minimum atomic E-state index is 0.0159. The first-order chi connectivity index (χ1) is 9.80. The number of benzene rings is 1. The molecule has 112 valence electrons. The van der Waals surface area contributed by atoms with Crippen LogP contribution < -0.4 is 14.8 Å². The largest absolute Gasteiger partial charge is 0.493 e. The van der Waals surface area contributed by atoms with Crippen LogP contribution >= 0.6 is 0 Å². The lowest BCUT2D eigenvalue weighted by Gasteiger charge is -2.34. The number of ether oxygens (including phenoxy) is 2. The number of rotatable bonds is 6. The summed E-state index contributed by atoms with van der Waals surface area (Å²) in [4.78, 5) is 2.30. The zero-order valence-corrected chi connectivity index (χ0v) is 12.3. The molecule has 5 heteroatoms. The van der Waals surface area contributed by atoms with Crippen molar-refractivity contribution in [1.29, 1.82) is 0 Å². The molecule has 1 aromatic rings. The second-order valence-corrected chi connectivity index (χ2v) is 4.83. The normalized spacial score (nSPS) is 17.8. The third kappa shape index (κ3) is 3.42. The van der Waals surface area contributed by atoms with Gasteiger partial charge in [-0.25, -0.2) is 0 Å². The SMILES string of the molecule is CCOc1cc([C@H](CO)N2CCNCC2)ccc1OC. The van der Waals surface area contributed by atoms with Gasteiger partial charge < -0.3 is 19.9 Å². The van der Waals surface area contributed by atoms with E-state index in [0.29, 0.717) is 6.61 Å². The molecule has 0 aromatic heterocycles. The van der Waals surface area contributed by atoms with Crippen molar-refractivity contribution < 1.29 is 14.6 Å². The summed E-state index contributed by atoms with van der Waals surface area (Å²) in [6, 6.07) is 5.91. The van der Waals surface area contributed by atoms with Crippen LogP contribution in [0.1, 0.15) is 18.5 Å². The Morgan fingerprint density at radius 1 is 1.30 bits per heavy atom. The molecule has 20 heavy (non-hydrogen) atoms. The van der Waals surface area contributed by atoms with E-state index in [1.807, 2.05) is 25.1 Å². The lowest BCUT2D eigenvalue weighted by molar-refractivity contribution is 0.110. The molecule has 0 unspecified atom stereocenters. The Morgan fingerprint density at radius 2 is 2.05 bits per heavy atom. The van der Waals surface area contributed by atoms with Crippen molar-refractivity contribution in [2.75, 3.05) is 46.5 Å². The molecule has 1 aliphatic heterocycles. The van der Waals surface area contributed by atoms with Crippen molar-refractivity contribution in [3.63, 3.8) is 0 Å². The van der Waals surface area contributed by atoms with Crippen LogP contribution in [0.15, 0.2) is 18.2 Å². The number of piperazine rings is 1. The van der Waals surface area contributed by atoms with Gasteiger partial charge in [-0.15, -0.1) is 0 Å². The minimum Gasteiger partial charge on any atom is -0.493 e. The highest BCUT2D eigenvalue weighted by atomic mass is 16.5. The highest BCUT2D eigenvalue weighted by Crippen LogP contribution is 2.32. The van der Waals surface area contributed by atoms with Gasteiger partial charge in [0.05, 0.1) is 26.4 Å². The van der Waals surface area contributed by atoms with Crippen LogP contribution in [0.5, 0.6) is 11.5 Å². The quantitative estimate of drug-likeness (QED) is 0.815. The van der Waals surface area contributed by atoms with E-state index < -0.39 is 0 Å². The van der Waals surface area contributed by atoms with Gasteiger partial charge >= 0.3 is 0 Å². The van der Waals surface area contributed by atoms with Crippen LogP contribution in [-0.4, -0.2) is 56.5 Å². The monoisotopic (exact) mass is 280 g/mol. The second kappa shape index (κ2) is 7.47. The number of aliphatic hydroxyl groups is 1. The third-order valence-electron chi connectivity index (χ3n) is 3.64. The van der Waals surface area contributed by atoms with Crippen LogP contribution in [0.25, 0.3) is 0 Å². The summed E-state index contributed by atoms with van der Waals surface area (Å²) in [5.41, 5.74) is 1.07. The summed E-state index contributed by atoms with van der Waals surface area (Å²) >= 11 is 0. The maximum absolute atomic E-state index is 9.74. The van der Waals surface area contributed by atoms with E-state index in [1.165, 1.54) is 0 Å². The third-order valence-corrected chi connectivity index (χ3v) is 3.64. The Hall–Kier alpha value is -1.30. The van der Waals surface area contributed by atoms with Crippen molar-refractivity contribution in [3.05, 3.63) is 23.8 Å². The van der Waals surface area contributed by atoms with Crippen molar-refractivity contribution in [1.82, 2.24) is 10.2 Å². The van der Waals surface area contributed by atoms with Crippen LogP contribution in [0, 0.1) is 0 Å². The fraction of sp³-hybridized carbons (Fsp3) is 0.600. The van der Waals surface area contributed by atoms with Gasteiger partial charge in [0.1, 0.15) is 0 Å². The zero-order chi connectivity index (χ0) is 14.4. The zero-order valence-electron chi connectivity index (χ0n) is 12.3. The number of nitrogens with zero attached hydrogens (tertiary/aromatic N) is 1. The molecular weight excluding hydrogens is 256 g/mol. The lowest BCUT2D eigenvalue weighted by Crippen LogP contribution is -2.46. The summed E-state index contributed by atoms with van der Waals surface area (Å²) in [6.45, 7) is 6.47. The number of nitrogens with one attached hydrogen (secondary N) is 1. The fourth-order valence-corrected chi connectivity index (χ4v) is 2.59. The molecule has 2 rings (SSSR count). The highest BCUT2D eigenvalue weighted by molar-refractivity contribution is 5.44. The maximum Gasteiger partial charge on any atom is 0.161 e. The molecule has 0 saturated carbocycles. The summed E-state index contributed by atoms with van der Waals surface area (Å²) in [6.07, 6.45) is 0. The predicted molar refractivity (Wildman–Crippen MR) is 78.4 cm³/mol.